The van der Waals surface area contributed by atoms with Gasteiger partial charge in [-0.1, -0.05) is 39.0 Å². The maximum Gasteiger partial charge on any atom is 0.0991 e. The van der Waals surface area contributed by atoms with Crippen LogP contribution in [-0.2, 0) is 0 Å². The van der Waals surface area contributed by atoms with Crippen LogP contribution >= 0.6 is 0 Å². The predicted octanol–water partition coefficient (Wildman–Crippen LogP) is 3.86. The average molecular weight is 236 g/mol. The molecule has 2 nitrogen and oxygen atoms in total. The quantitative estimate of drug-likeness (QED) is 0.662. The minimum Gasteiger partial charge on any atom is -0.360 e. The molecule has 0 N–H and O–H groups in total. The number of fused-ring (bicyclic) bond motifs is 1. The molecule has 1 atom stereocenters. The maximum absolute atomic E-state index is 4.75. The summed E-state index contributed by atoms with van der Waals surface area (Å²) in [4.78, 5) is 7.30. The van der Waals surface area contributed by atoms with Gasteiger partial charge in [0, 0.05) is 26.1 Å². The van der Waals surface area contributed by atoms with Crippen molar-refractivity contribution in [2.24, 2.45) is 10.9 Å². The molecule has 1 fully saturated rings. The van der Waals surface area contributed by atoms with E-state index in [1.807, 2.05) is 0 Å². The Balaban J connectivity index is 1.77. The lowest BCUT2D eigenvalue weighted by Gasteiger charge is -2.28. The van der Waals surface area contributed by atoms with Crippen molar-refractivity contribution in [2.75, 3.05) is 19.6 Å². The van der Waals surface area contributed by atoms with Crippen molar-refractivity contribution in [1.29, 1.82) is 0 Å². The molecule has 0 radical (unpaired) electrons. The van der Waals surface area contributed by atoms with Crippen LogP contribution in [0.4, 0.5) is 0 Å². The molecule has 1 unspecified atom stereocenters. The molecule has 98 valence electrons. The summed E-state index contributed by atoms with van der Waals surface area (Å²) in [6.07, 6.45) is 12.4. The third-order valence-corrected chi connectivity index (χ3v) is 4.22. The largest absolute Gasteiger partial charge is 0.360 e. The molecule has 17 heavy (non-hydrogen) atoms. The van der Waals surface area contributed by atoms with E-state index in [1.54, 1.807) is 0 Å². The zero-order valence-corrected chi connectivity index (χ0v) is 11.5. The van der Waals surface area contributed by atoms with Crippen molar-refractivity contribution in [1.82, 2.24) is 4.90 Å². The lowest BCUT2D eigenvalue weighted by Crippen LogP contribution is -2.35. The van der Waals surface area contributed by atoms with Gasteiger partial charge in [-0.2, -0.15) is 0 Å². The Bertz CT molecular complexity index is 247. The molecule has 2 aliphatic heterocycles. The summed E-state index contributed by atoms with van der Waals surface area (Å²) >= 11 is 0. The van der Waals surface area contributed by atoms with E-state index in [2.05, 4.69) is 11.8 Å². The second-order valence-corrected chi connectivity index (χ2v) is 5.70. The Morgan fingerprint density at radius 1 is 1.18 bits per heavy atom. The van der Waals surface area contributed by atoms with Gasteiger partial charge in [0.2, 0.25) is 0 Å². The fraction of sp³-hybridized carbons (Fsp3) is 0.933. The first-order valence-electron chi connectivity index (χ1n) is 7.68. The third-order valence-electron chi connectivity index (χ3n) is 4.22. The van der Waals surface area contributed by atoms with Crippen LogP contribution in [-0.4, -0.2) is 30.4 Å². The Labute approximate surface area is 106 Å². The first kappa shape index (κ1) is 12.9. The second-order valence-electron chi connectivity index (χ2n) is 5.70. The minimum atomic E-state index is 0.925. The molecule has 0 amide bonds. The molecular formula is C15H28N2. The molecule has 0 saturated carbocycles. The zero-order valence-electron chi connectivity index (χ0n) is 11.5. The lowest BCUT2D eigenvalue weighted by atomic mass is 9.93. The van der Waals surface area contributed by atoms with Crippen LogP contribution in [0, 0.1) is 5.92 Å². The molecule has 1 saturated heterocycles. The number of unbranched alkanes of at least 4 members (excludes halogenated alkanes) is 3. The van der Waals surface area contributed by atoms with E-state index in [-0.39, 0.29) is 0 Å². The summed E-state index contributed by atoms with van der Waals surface area (Å²) in [5, 5.41) is 0. The fourth-order valence-corrected chi connectivity index (χ4v) is 3.17. The normalized spacial score (nSPS) is 25.1. The van der Waals surface area contributed by atoms with Gasteiger partial charge in [0.25, 0.3) is 0 Å². The van der Waals surface area contributed by atoms with E-state index < -0.39 is 0 Å². The summed E-state index contributed by atoms with van der Waals surface area (Å²) in [7, 11) is 0. The molecule has 2 aliphatic rings. The molecule has 0 aromatic rings. The van der Waals surface area contributed by atoms with Crippen molar-refractivity contribution in [2.45, 2.75) is 64.7 Å². The first-order valence-corrected chi connectivity index (χ1v) is 7.68. The van der Waals surface area contributed by atoms with E-state index in [4.69, 9.17) is 4.99 Å². The van der Waals surface area contributed by atoms with Crippen molar-refractivity contribution >= 4 is 5.84 Å². The van der Waals surface area contributed by atoms with Crippen LogP contribution in [0.1, 0.15) is 64.7 Å². The Kier molecular flexibility index (Phi) is 5.34. The Morgan fingerprint density at radius 2 is 2.06 bits per heavy atom. The number of aliphatic imine (C=N–C) groups is 1. The van der Waals surface area contributed by atoms with Gasteiger partial charge >= 0.3 is 0 Å². The number of hydrogen-bond acceptors (Lipinski definition) is 2. The second kappa shape index (κ2) is 7.03. The molecule has 0 bridgehead atoms. The van der Waals surface area contributed by atoms with Crippen molar-refractivity contribution < 1.29 is 0 Å². The van der Waals surface area contributed by atoms with Gasteiger partial charge in [0.15, 0.2) is 0 Å². The fourth-order valence-electron chi connectivity index (χ4n) is 3.17. The van der Waals surface area contributed by atoms with Gasteiger partial charge in [0.1, 0.15) is 0 Å². The highest BCUT2D eigenvalue weighted by Crippen LogP contribution is 2.25. The van der Waals surface area contributed by atoms with Crippen LogP contribution in [0.25, 0.3) is 0 Å². The average Bonchev–Trinajstić information content (AvgIpc) is 2.56. The summed E-state index contributed by atoms with van der Waals surface area (Å²) in [5.41, 5.74) is 0. The van der Waals surface area contributed by atoms with Gasteiger partial charge in [-0.25, -0.2) is 0 Å². The van der Waals surface area contributed by atoms with Crippen LogP contribution in [0.2, 0.25) is 0 Å². The Morgan fingerprint density at radius 3 is 2.94 bits per heavy atom. The molecule has 0 aliphatic carbocycles. The van der Waals surface area contributed by atoms with Crippen LogP contribution in [0.3, 0.4) is 0 Å². The molecule has 0 spiro atoms. The smallest absolute Gasteiger partial charge is 0.0991 e. The molecular weight excluding hydrogens is 208 g/mol. The van der Waals surface area contributed by atoms with Gasteiger partial charge in [-0.05, 0) is 25.2 Å². The lowest BCUT2D eigenvalue weighted by molar-refractivity contribution is 0.388. The summed E-state index contributed by atoms with van der Waals surface area (Å²) in [5.74, 6) is 2.36. The number of amidine groups is 1. The van der Waals surface area contributed by atoms with Crippen molar-refractivity contribution in [3.05, 3.63) is 0 Å². The molecule has 2 rings (SSSR count). The number of nitrogens with zero attached hydrogens (tertiary/aromatic N) is 2. The number of rotatable bonds is 5. The standard InChI is InChI=1S/C15H28N2/c1-2-3-4-5-8-14-9-6-11-17-12-7-10-16-15(17)13-14/h14H,2-13H2,1H3. The van der Waals surface area contributed by atoms with Crippen molar-refractivity contribution in [3.8, 4) is 0 Å². The van der Waals surface area contributed by atoms with Gasteiger partial charge in [0.05, 0.1) is 5.84 Å². The Hall–Kier alpha value is -0.530. The van der Waals surface area contributed by atoms with Crippen molar-refractivity contribution in [3.63, 3.8) is 0 Å². The van der Waals surface area contributed by atoms with E-state index in [9.17, 15) is 0 Å². The van der Waals surface area contributed by atoms with E-state index in [0.29, 0.717) is 0 Å². The van der Waals surface area contributed by atoms with E-state index in [1.165, 1.54) is 76.7 Å². The van der Waals surface area contributed by atoms with Gasteiger partial charge in [-0.3, -0.25) is 4.99 Å². The van der Waals surface area contributed by atoms with Gasteiger partial charge < -0.3 is 4.90 Å². The van der Waals surface area contributed by atoms with Crippen LogP contribution in [0.15, 0.2) is 4.99 Å². The predicted molar refractivity (Wildman–Crippen MR) is 74.6 cm³/mol. The third kappa shape index (κ3) is 4.01. The molecule has 0 aromatic carbocycles. The highest BCUT2D eigenvalue weighted by atomic mass is 15.2. The van der Waals surface area contributed by atoms with Crippen LogP contribution < -0.4 is 0 Å². The summed E-state index contributed by atoms with van der Waals surface area (Å²) in [6, 6.07) is 0. The summed E-state index contributed by atoms with van der Waals surface area (Å²) in [6.45, 7) is 5.90. The number of hydrogen-bond donors (Lipinski definition) is 0. The minimum absolute atomic E-state index is 0.925. The molecule has 2 heteroatoms. The van der Waals surface area contributed by atoms with E-state index in [0.717, 1.165) is 12.5 Å². The summed E-state index contributed by atoms with van der Waals surface area (Å²) < 4.78 is 0. The zero-order chi connectivity index (χ0) is 11.9. The monoisotopic (exact) mass is 236 g/mol. The van der Waals surface area contributed by atoms with E-state index >= 15 is 0 Å². The van der Waals surface area contributed by atoms with Gasteiger partial charge in [-0.15, -0.1) is 0 Å². The highest BCUT2D eigenvalue weighted by Gasteiger charge is 2.22. The first-order chi connectivity index (χ1) is 8.40. The highest BCUT2D eigenvalue weighted by molar-refractivity contribution is 5.83. The molecule has 0 aromatic heterocycles. The topological polar surface area (TPSA) is 15.6 Å². The molecule has 2 heterocycles. The SMILES string of the molecule is CCCCCCC1CCCN2CCCN=C2C1. The van der Waals surface area contributed by atoms with Crippen LogP contribution in [0.5, 0.6) is 0 Å². The maximum atomic E-state index is 4.75.